The number of alkyl halides is 2. The van der Waals surface area contributed by atoms with Gasteiger partial charge in [-0.25, -0.2) is 22.4 Å². The summed E-state index contributed by atoms with van der Waals surface area (Å²) in [5.41, 5.74) is 2.21. The van der Waals surface area contributed by atoms with Crippen LogP contribution >= 0.6 is 0 Å². The first kappa shape index (κ1) is 23.9. The van der Waals surface area contributed by atoms with Crippen LogP contribution in [0.3, 0.4) is 0 Å². The summed E-state index contributed by atoms with van der Waals surface area (Å²) in [7, 11) is 1.43. The van der Waals surface area contributed by atoms with Gasteiger partial charge < -0.3 is 14.8 Å². The average molecular weight is 517 g/mol. The Bertz CT molecular complexity index is 1440. The summed E-state index contributed by atoms with van der Waals surface area (Å²) in [4.78, 5) is 6.54. The van der Waals surface area contributed by atoms with Crippen molar-refractivity contribution >= 4 is 22.5 Å². The number of hydrogen-bond donors (Lipinski definition) is 1. The number of anilines is 1. The molecule has 1 N–H and O–H groups in total. The molecule has 0 amide bonds. The molecule has 37 heavy (non-hydrogen) atoms. The monoisotopic (exact) mass is 516 g/mol. The first-order valence-corrected chi connectivity index (χ1v) is 12.2. The molecule has 2 fully saturated rings. The molecule has 0 radical (unpaired) electrons. The number of benzene rings is 1. The molecular weight excluding hydrogens is 489 g/mol. The second-order valence-corrected chi connectivity index (χ2v) is 9.57. The Morgan fingerprint density at radius 3 is 2.84 bits per heavy atom. The molecule has 0 unspecified atom stereocenters. The number of methoxy groups -OCH3 is 1. The standard InChI is InChI=1S/C24H27F3N8O2/c1-13(8-25)35-20-7-14(3-4-19(20)30-32-35)21-17(27)10-34-22(21)23(36-2)29-24(31-34)28-18-5-6-33(9-16(18)26)15-11-37-12-15/h3-4,7,10,13,15-16,18H,5-6,8-9,11-12H2,1-2H3,(H,28,31)/t13-,16+,18-/m0/s1. The number of halogens is 3. The summed E-state index contributed by atoms with van der Waals surface area (Å²) in [5, 5.41) is 15.6. The third-order valence-corrected chi connectivity index (χ3v) is 7.17. The highest BCUT2D eigenvalue weighted by atomic mass is 19.1. The lowest BCUT2D eigenvalue weighted by molar-refractivity contribution is -0.0794. The van der Waals surface area contributed by atoms with Gasteiger partial charge in [0.25, 0.3) is 0 Å². The molecule has 196 valence electrons. The Morgan fingerprint density at radius 2 is 2.14 bits per heavy atom. The van der Waals surface area contributed by atoms with Crippen LogP contribution in [0.5, 0.6) is 5.88 Å². The number of hydrogen-bond acceptors (Lipinski definition) is 8. The first-order valence-electron chi connectivity index (χ1n) is 12.2. The van der Waals surface area contributed by atoms with Gasteiger partial charge in [-0.3, -0.25) is 4.90 Å². The lowest BCUT2D eigenvalue weighted by Crippen LogP contribution is -2.57. The second-order valence-electron chi connectivity index (χ2n) is 9.57. The van der Waals surface area contributed by atoms with Crippen molar-refractivity contribution in [3.63, 3.8) is 0 Å². The van der Waals surface area contributed by atoms with Crippen LogP contribution < -0.4 is 10.1 Å². The molecule has 13 heteroatoms. The van der Waals surface area contributed by atoms with Crippen LogP contribution in [0.2, 0.25) is 0 Å². The number of aromatic nitrogens is 6. The van der Waals surface area contributed by atoms with Crippen molar-refractivity contribution in [2.75, 3.05) is 45.4 Å². The Kier molecular flexibility index (Phi) is 6.11. The van der Waals surface area contributed by atoms with E-state index in [2.05, 4.69) is 30.6 Å². The van der Waals surface area contributed by atoms with Crippen LogP contribution in [-0.2, 0) is 4.74 Å². The Labute approximate surface area is 210 Å². The Hall–Kier alpha value is -3.45. The number of ether oxygens (including phenoxy) is 2. The number of likely N-dealkylation sites (tertiary alicyclic amines) is 1. The van der Waals surface area contributed by atoms with Gasteiger partial charge in [0.15, 0.2) is 5.82 Å². The maximum Gasteiger partial charge on any atom is 0.244 e. The van der Waals surface area contributed by atoms with Gasteiger partial charge in [-0.15, -0.1) is 10.2 Å². The highest BCUT2D eigenvalue weighted by Crippen LogP contribution is 2.36. The van der Waals surface area contributed by atoms with Gasteiger partial charge in [0.2, 0.25) is 11.8 Å². The largest absolute Gasteiger partial charge is 0.479 e. The van der Waals surface area contributed by atoms with E-state index in [9.17, 15) is 8.78 Å². The molecule has 3 atom stereocenters. The second kappa shape index (κ2) is 9.45. The van der Waals surface area contributed by atoms with Crippen LogP contribution in [0.25, 0.3) is 27.7 Å². The van der Waals surface area contributed by atoms with Crippen LogP contribution in [0.15, 0.2) is 24.4 Å². The molecule has 0 spiro atoms. The predicted molar refractivity (Wildman–Crippen MR) is 130 cm³/mol. The minimum Gasteiger partial charge on any atom is -0.479 e. The number of nitrogens with one attached hydrogen (secondary N) is 1. The number of piperidine rings is 1. The maximum absolute atomic E-state index is 15.3. The first-order chi connectivity index (χ1) is 18.0. The molecule has 0 aliphatic carbocycles. The van der Waals surface area contributed by atoms with E-state index in [1.807, 2.05) is 0 Å². The van der Waals surface area contributed by atoms with Crippen molar-refractivity contribution in [3.05, 3.63) is 30.2 Å². The number of fused-ring (bicyclic) bond motifs is 2. The zero-order valence-electron chi connectivity index (χ0n) is 20.4. The minimum absolute atomic E-state index is 0.139. The molecular formula is C24H27F3N8O2. The fourth-order valence-corrected chi connectivity index (χ4v) is 5.00. The summed E-state index contributed by atoms with van der Waals surface area (Å²) in [6.45, 7) is 3.41. The van der Waals surface area contributed by atoms with Crippen molar-refractivity contribution in [2.45, 2.75) is 37.6 Å². The highest BCUT2D eigenvalue weighted by Gasteiger charge is 2.36. The summed E-state index contributed by atoms with van der Waals surface area (Å²) >= 11 is 0. The van der Waals surface area contributed by atoms with E-state index in [1.54, 1.807) is 25.1 Å². The topological polar surface area (TPSA) is 94.6 Å². The Morgan fingerprint density at radius 1 is 1.30 bits per heavy atom. The normalized spacial score (nSPS) is 21.9. The SMILES string of the molecule is COc1nc(N[C@H]2CCN(C3COC3)C[C@H]2F)nn2cc(F)c(-c3ccc4nnn([C@@H](C)CF)c4c3)c12. The molecule has 0 bridgehead atoms. The van der Waals surface area contributed by atoms with Crippen molar-refractivity contribution < 1.29 is 22.6 Å². The third kappa shape index (κ3) is 4.15. The smallest absolute Gasteiger partial charge is 0.244 e. The molecule has 10 nitrogen and oxygen atoms in total. The van der Waals surface area contributed by atoms with Crippen molar-refractivity contribution in [1.82, 2.24) is 34.5 Å². The molecule has 2 saturated heterocycles. The quantitative estimate of drug-likeness (QED) is 0.401. The Balaban J connectivity index is 1.33. The third-order valence-electron chi connectivity index (χ3n) is 7.17. The van der Waals surface area contributed by atoms with Gasteiger partial charge in [-0.1, -0.05) is 11.3 Å². The van der Waals surface area contributed by atoms with Crippen LogP contribution in [-0.4, -0.2) is 92.8 Å². The summed E-state index contributed by atoms with van der Waals surface area (Å²) in [5.74, 6) is -0.255. The molecule has 5 heterocycles. The van der Waals surface area contributed by atoms with Gasteiger partial charge in [0, 0.05) is 13.1 Å². The molecule has 1 aromatic carbocycles. The van der Waals surface area contributed by atoms with Gasteiger partial charge in [0.1, 0.15) is 23.9 Å². The predicted octanol–water partition coefficient (Wildman–Crippen LogP) is 3.04. The van der Waals surface area contributed by atoms with Crippen LogP contribution in [0, 0.1) is 5.82 Å². The van der Waals surface area contributed by atoms with E-state index >= 15 is 4.39 Å². The van der Waals surface area contributed by atoms with Crippen molar-refractivity contribution in [1.29, 1.82) is 0 Å². The van der Waals surface area contributed by atoms with Crippen LogP contribution in [0.1, 0.15) is 19.4 Å². The fourth-order valence-electron chi connectivity index (χ4n) is 5.00. The lowest BCUT2D eigenvalue weighted by atomic mass is 10.0. The summed E-state index contributed by atoms with van der Waals surface area (Å²) in [6, 6.07) is 4.40. The zero-order chi connectivity index (χ0) is 25.7. The van der Waals surface area contributed by atoms with Crippen LogP contribution in [0.4, 0.5) is 19.1 Å². The van der Waals surface area contributed by atoms with Crippen molar-refractivity contribution in [3.8, 4) is 17.0 Å². The highest BCUT2D eigenvalue weighted by molar-refractivity contribution is 5.89. The fraction of sp³-hybridized carbons (Fsp3) is 0.500. The van der Waals surface area contributed by atoms with E-state index in [1.165, 1.54) is 22.5 Å². The van der Waals surface area contributed by atoms with Gasteiger partial charge in [-0.05, 0) is 31.0 Å². The van der Waals surface area contributed by atoms with E-state index in [4.69, 9.17) is 9.47 Å². The van der Waals surface area contributed by atoms with Gasteiger partial charge in [-0.2, -0.15) is 4.98 Å². The zero-order valence-corrected chi connectivity index (χ0v) is 20.4. The maximum atomic E-state index is 15.3. The molecule has 0 saturated carbocycles. The minimum atomic E-state index is -1.12. The van der Waals surface area contributed by atoms with E-state index < -0.39 is 30.7 Å². The molecule has 2 aliphatic rings. The molecule has 6 rings (SSSR count). The van der Waals surface area contributed by atoms with Gasteiger partial charge in [0.05, 0.1) is 55.7 Å². The molecule has 4 aromatic rings. The van der Waals surface area contributed by atoms with Crippen molar-refractivity contribution in [2.24, 2.45) is 0 Å². The van der Waals surface area contributed by atoms with E-state index in [-0.39, 0.29) is 23.4 Å². The number of nitrogens with zero attached hydrogens (tertiary/aromatic N) is 7. The molecule has 2 aliphatic heterocycles. The van der Waals surface area contributed by atoms with E-state index in [0.717, 1.165) is 6.54 Å². The summed E-state index contributed by atoms with van der Waals surface area (Å²) < 4.78 is 57.2. The van der Waals surface area contributed by atoms with Gasteiger partial charge >= 0.3 is 0 Å². The molecule has 3 aromatic heterocycles. The average Bonchev–Trinajstić information content (AvgIpc) is 3.43. The summed E-state index contributed by atoms with van der Waals surface area (Å²) in [6.07, 6.45) is 0.690. The lowest BCUT2D eigenvalue weighted by Gasteiger charge is -2.42. The van der Waals surface area contributed by atoms with E-state index in [0.29, 0.717) is 48.3 Å². The number of rotatable bonds is 7.